The van der Waals surface area contributed by atoms with Crippen LogP contribution in [0.25, 0.3) is 16.9 Å². The third-order valence-corrected chi connectivity index (χ3v) is 4.98. The molecular weight excluding hydrogens is 354 g/mol. The summed E-state index contributed by atoms with van der Waals surface area (Å²) < 4.78 is 2.03. The van der Waals surface area contributed by atoms with E-state index in [-0.39, 0.29) is 6.04 Å². The maximum absolute atomic E-state index is 6.49. The van der Waals surface area contributed by atoms with Crippen molar-refractivity contribution >= 4 is 22.9 Å². The quantitative estimate of drug-likeness (QED) is 0.505. The molecule has 1 aliphatic heterocycles. The predicted octanol–water partition coefficient (Wildman–Crippen LogP) is 2.12. The van der Waals surface area contributed by atoms with Gasteiger partial charge in [0.05, 0.1) is 18.1 Å². The standard InChI is InChI=1S/C19H19N9/c1-11(27-15(20)14-16(24-10-23-14)26-19(27)21)17-25-13-8-5-9-22-18(13)28(17)12-6-3-2-4-7-12/h2-11,15H,20H2,1H3,(H2,21,26)(H,23,24). The number of imidazole rings is 2. The highest BCUT2D eigenvalue weighted by Crippen LogP contribution is 2.35. The zero-order valence-corrected chi connectivity index (χ0v) is 15.2. The third-order valence-electron chi connectivity index (χ3n) is 4.98. The number of rotatable bonds is 3. The molecule has 1 aromatic carbocycles. The molecule has 0 amide bonds. The second-order valence-corrected chi connectivity index (χ2v) is 6.62. The summed E-state index contributed by atoms with van der Waals surface area (Å²) in [6, 6.07) is 13.5. The molecule has 1 aliphatic rings. The van der Waals surface area contributed by atoms with E-state index >= 15 is 0 Å². The van der Waals surface area contributed by atoms with Gasteiger partial charge in [-0.15, -0.1) is 0 Å². The molecule has 5 rings (SSSR count). The predicted molar refractivity (Wildman–Crippen MR) is 106 cm³/mol. The summed E-state index contributed by atoms with van der Waals surface area (Å²) in [5.74, 6) is 1.60. The first-order valence-electron chi connectivity index (χ1n) is 8.95. The number of nitrogens with one attached hydrogen (secondary N) is 1. The molecule has 4 aromatic rings. The van der Waals surface area contributed by atoms with E-state index in [0.717, 1.165) is 28.4 Å². The molecule has 0 spiro atoms. The smallest absolute Gasteiger partial charge is 0.200 e. The van der Waals surface area contributed by atoms with Crippen LogP contribution in [0.3, 0.4) is 0 Å². The molecule has 0 fully saturated rings. The van der Waals surface area contributed by atoms with Crippen molar-refractivity contribution in [3.05, 3.63) is 66.5 Å². The van der Waals surface area contributed by atoms with Crippen LogP contribution in [0.5, 0.6) is 0 Å². The fraction of sp³-hybridized carbons (Fsp3) is 0.158. The fourth-order valence-corrected chi connectivity index (χ4v) is 3.66. The number of aliphatic imine (C=N–C) groups is 1. The van der Waals surface area contributed by atoms with Gasteiger partial charge in [0, 0.05) is 11.9 Å². The summed E-state index contributed by atoms with van der Waals surface area (Å²) in [4.78, 5) is 22.8. The van der Waals surface area contributed by atoms with Crippen LogP contribution in [0.4, 0.5) is 5.82 Å². The van der Waals surface area contributed by atoms with Gasteiger partial charge in [-0.05, 0) is 31.2 Å². The number of hydrogen-bond donors (Lipinski definition) is 3. The summed E-state index contributed by atoms with van der Waals surface area (Å²) in [5, 5.41) is 0. The van der Waals surface area contributed by atoms with Crippen molar-refractivity contribution in [2.24, 2.45) is 16.5 Å². The maximum Gasteiger partial charge on any atom is 0.200 e. The van der Waals surface area contributed by atoms with Crippen molar-refractivity contribution in [2.75, 3.05) is 0 Å². The van der Waals surface area contributed by atoms with Crippen LogP contribution in [-0.2, 0) is 0 Å². The summed E-state index contributed by atoms with van der Waals surface area (Å²) in [6.45, 7) is 2.00. The number of aromatic nitrogens is 5. The van der Waals surface area contributed by atoms with Crippen molar-refractivity contribution in [3.8, 4) is 5.69 Å². The van der Waals surface area contributed by atoms with Crippen LogP contribution in [0, 0.1) is 0 Å². The van der Waals surface area contributed by atoms with Crippen LogP contribution in [-0.4, -0.2) is 35.4 Å². The normalized spacial score (nSPS) is 17.4. The largest absolute Gasteiger partial charge is 0.369 e. The molecule has 2 unspecified atom stereocenters. The number of nitrogens with zero attached hydrogens (tertiary/aromatic N) is 6. The number of guanidine groups is 1. The van der Waals surface area contributed by atoms with E-state index in [4.69, 9.17) is 16.5 Å². The average molecular weight is 373 g/mol. The Kier molecular flexibility index (Phi) is 3.63. The number of para-hydroxylation sites is 1. The lowest BCUT2D eigenvalue weighted by atomic mass is 10.2. The van der Waals surface area contributed by atoms with Crippen molar-refractivity contribution < 1.29 is 0 Å². The Morgan fingerprint density at radius 2 is 1.93 bits per heavy atom. The van der Waals surface area contributed by atoms with Crippen LogP contribution in [0.15, 0.2) is 60.0 Å². The molecule has 0 bridgehead atoms. The van der Waals surface area contributed by atoms with Gasteiger partial charge in [-0.3, -0.25) is 4.57 Å². The van der Waals surface area contributed by atoms with E-state index in [1.54, 1.807) is 12.5 Å². The molecule has 5 N–H and O–H groups in total. The number of nitrogens with two attached hydrogens (primary N) is 2. The van der Waals surface area contributed by atoms with E-state index in [0.29, 0.717) is 11.8 Å². The van der Waals surface area contributed by atoms with E-state index in [1.807, 2.05) is 58.9 Å². The highest BCUT2D eigenvalue weighted by atomic mass is 15.4. The van der Waals surface area contributed by atoms with Crippen LogP contribution in [0.1, 0.15) is 30.6 Å². The number of pyridine rings is 1. The minimum Gasteiger partial charge on any atom is -0.369 e. The Morgan fingerprint density at radius 3 is 2.75 bits per heavy atom. The van der Waals surface area contributed by atoms with E-state index < -0.39 is 6.17 Å². The molecule has 9 nitrogen and oxygen atoms in total. The first-order chi connectivity index (χ1) is 13.6. The Morgan fingerprint density at radius 1 is 1.11 bits per heavy atom. The summed E-state index contributed by atoms with van der Waals surface area (Å²) in [7, 11) is 0. The first-order valence-corrected chi connectivity index (χ1v) is 8.95. The van der Waals surface area contributed by atoms with Gasteiger partial charge in [0.1, 0.15) is 17.5 Å². The monoisotopic (exact) mass is 373 g/mol. The molecule has 0 radical (unpaired) electrons. The zero-order valence-electron chi connectivity index (χ0n) is 15.2. The van der Waals surface area contributed by atoms with Crippen LogP contribution in [0.2, 0.25) is 0 Å². The highest BCUT2D eigenvalue weighted by molar-refractivity contribution is 5.84. The average Bonchev–Trinajstić information content (AvgIpc) is 3.33. The Bertz CT molecular complexity index is 1170. The van der Waals surface area contributed by atoms with Gasteiger partial charge < -0.3 is 21.4 Å². The molecule has 9 heteroatoms. The Hall–Kier alpha value is -3.72. The Labute approximate surface area is 160 Å². The molecule has 4 heterocycles. The molecule has 28 heavy (non-hydrogen) atoms. The topological polar surface area (TPSA) is 127 Å². The minimum atomic E-state index is -0.512. The minimum absolute atomic E-state index is 0.260. The van der Waals surface area contributed by atoms with Gasteiger partial charge in [-0.2, -0.15) is 4.99 Å². The van der Waals surface area contributed by atoms with E-state index in [2.05, 4.69) is 19.9 Å². The molecule has 2 atom stereocenters. The Balaban J connectivity index is 1.67. The van der Waals surface area contributed by atoms with Crippen molar-refractivity contribution in [1.82, 2.24) is 29.4 Å². The van der Waals surface area contributed by atoms with Gasteiger partial charge in [0.15, 0.2) is 17.4 Å². The number of fused-ring (bicyclic) bond motifs is 2. The van der Waals surface area contributed by atoms with Crippen LogP contribution >= 0.6 is 0 Å². The zero-order chi connectivity index (χ0) is 19.3. The molecule has 0 aliphatic carbocycles. The fourth-order valence-electron chi connectivity index (χ4n) is 3.66. The molecule has 3 aromatic heterocycles. The van der Waals surface area contributed by atoms with Crippen molar-refractivity contribution in [2.45, 2.75) is 19.1 Å². The number of H-pyrrole nitrogens is 1. The van der Waals surface area contributed by atoms with Gasteiger partial charge >= 0.3 is 0 Å². The molecular formula is C19H19N9. The number of hydrogen-bond acceptors (Lipinski definition) is 7. The van der Waals surface area contributed by atoms with Gasteiger partial charge in [0.2, 0.25) is 0 Å². The third kappa shape index (κ3) is 2.37. The van der Waals surface area contributed by atoms with Gasteiger partial charge in [-0.25, -0.2) is 15.0 Å². The van der Waals surface area contributed by atoms with Crippen molar-refractivity contribution in [1.29, 1.82) is 0 Å². The van der Waals surface area contributed by atoms with Gasteiger partial charge in [-0.1, -0.05) is 18.2 Å². The van der Waals surface area contributed by atoms with Crippen LogP contribution < -0.4 is 11.5 Å². The maximum atomic E-state index is 6.49. The van der Waals surface area contributed by atoms with E-state index in [1.165, 1.54) is 0 Å². The van der Waals surface area contributed by atoms with E-state index in [9.17, 15) is 0 Å². The highest BCUT2D eigenvalue weighted by Gasteiger charge is 2.34. The van der Waals surface area contributed by atoms with Gasteiger partial charge in [0.25, 0.3) is 0 Å². The SMILES string of the molecule is CC(c1nc2cccnc2n1-c1ccccc1)N1C(N)=Nc2nc[nH]c2C1N. The molecule has 140 valence electrons. The second kappa shape index (κ2) is 6.17. The van der Waals surface area contributed by atoms with Crippen molar-refractivity contribution in [3.63, 3.8) is 0 Å². The second-order valence-electron chi connectivity index (χ2n) is 6.62. The molecule has 0 saturated heterocycles. The summed E-state index contributed by atoms with van der Waals surface area (Å²) in [5.41, 5.74) is 16.0. The lowest BCUT2D eigenvalue weighted by molar-refractivity contribution is 0.238. The molecule has 0 saturated carbocycles. The lowest BCUT2D eigenvalue weighted by Crippen LogP contribution is -2.47. The summed E-state index contributed by atoms with van der Waals surface area (Å²) >= 11 is 0. The summed E-state index contributed by atoms with van der Waals surface area (Å²) in [6.07, 6.45) is 2.82. The lowest BCUT2D eigenvalue weighted by Gasteiger charge is -2.36. The number of aromatic amines is 1. The first kappa shape index (κ1) is 16.5. The number of benzene rings is 1.